The van der Waals surface area contributed by atoms with Crippen molar-refractivity contribution in [2.24, 2.45) is 5.73 Å². The lowest BCUT2D eigenvalue weighted by atomic mass is 10.3. The Labute approximate surface area is 119 Å². The number of aromatic nitrogens is 1. The first-order valence-electron chi connectivity index (χ1n) is 5.33. The molecule has 5 nitrogen and oxygen atoms in total. The average Bonchev–Trinajstić information content (AvgIpc) is 2.35. The lowest BCUT2D eigenvalue weighted by Gasteiger charge is -2.17. The van der Waals surface area contributed by atoms with Crippen LogP contribution in [0, 0.1) is 0 Å². The number of hydrogen-bond donors (Lipinski definition) is 1. The van der Waals surface area contributed by atoms with Crippen molar-refractivity contribution in [3.8, 4) is 0 Å². The molecule has 0 amide bonds. The average molecular weight is 327 g/mol. The Balaban J connectivity index is 2.90. The van der Waals surface area contributed by atoms with Crippen LogP contribution in [0.25, 0.3) is 0 Å². The molecular weight excluding hydrogens is 315 g/mol. The second-order valence-electron chi connectivity index (χ2n) is 3.94. The summed E-state index contributed by atoms with van der Waals surface area (Å²) in [6.45, 7) is -0.664. The number of pyridine rings is 1. The maximum Gasteiger partial charge on any atom is 0.390 e. The molecule has 0 unspecified atom stereocenters. The molecule has 0 aliphatic rings. The van der Waals surface area contributed by atoms with Gasteiger partial charge < -0.3 is 5.73 Å². The first-order chi connectivity index (χ1) is 9.04. The highest BCUT2D eigenvalue weighted by Gasteiger charge is 2.30. The van der Waals surface area contributed by atoms with Gasteiger partial charge in [0.15, 0.2) is 0 Å². The fraction of sp³-hybridized carbons (Fsp3) is 0.400. The normalized spacial score (nSPS) is 12.7. The standard InChI is InChI=1S/C10H12F3N3O2S2/c1-16(5-4-10(11,12)13)20(17,18)7-2-3-8(9(14)19)15-6-7/h2-3,6H,4-5H2,1H3,(H2,14,19). The molecule has 2 N–H and O–H groups in total. The maximum absolute atomic E-state index is 12.1. The predicted octanol–water partition coefficient (Wildman–Crippen LogP) is 1.29. The third-order valence-corrected chi connectivity index (χ3v) is 4.46. The number of nitrogens with zero attached hydrogens (tertiary/aromatic N) is 2. The number of hydrogen-bond acceptors (Lipinski definition) is 4. The number of sulfonamides is 1. The summed E-state index contributed by atoms with van der Waals surface area (Å²) >= 11 is 4.66. The van der Waals surface area contributed by atoms with Crippen LogP contribution >= 0.6 is 12.2 Å². The van der Waals surface area contributed by atoms with Crippen LogP contribution in [0.5, 0.6) is 0 Å². The molecule has 1 rings (SSSR count). The Bertz CT molecular complexity index is 585. The number of nitrogens with two attached hydrogens (primary N) is 1. The summed E-state index contributed by atoms with van der Waals surface area (Å²) in [5, 5.41) is 0. The van der Waals surface area contributed by atoms with E-state index < -0.39 is 29.2 Å². The highest BCUT2D eigenvalue weighted by atomic mass is 32.2. The predicted molar refractivity (Wildman–Crippen MR) is 70.6 cm³/mol. The minimum Gasteiger partial charge on any atom is -0.388 e. The highest BCUT2D eigenvalue weighted by Crippen LogP contribution is 2.21. The van der Waals surface area contributed by atoms with Crippen molar-refractivity contribution in [3.05, 3.63) is 24.0 Å². The molecule has 0 spiro atoms. The van der Waals surface area contributed by atoms with Crippen molar-refractivity contribution in [3.63, 3.8) is 0 Å². The maximum atomic E-state index is 12.1. The van der Waals surface area contributed by atoms with Gasteiger partial charge >= 0.3 is 6.18 Å². The number of halogens is 3. The molecule has 1 aromatic rings. The van der Waals surface area contributed by atoms with E-state index in [2.05, 4.69) is 17.2 Å². The van der Waals surface area contributed by atoms with Gasteiger partial charge in [0.2, 0.25) is 10.0 Å². The SMILES string of the molecule is CN(CCC(F)(F)F)S(=O)(=O)c1ccc(C(N)=S)nc1. The molecule has 20 heavy (non-hydrogen) atoms. The van der Waals surface area contributed by atoms with Crippen molar-refractivity contribution < 1.29 is 21.6 Å². The zero-order valence-electron chi connectivity index (χ0n) is 10.4. The molecule has 1 heterocycles. The molecule has 112 valence electrons. The number of thiocarbonyl (C=S) groups is 1. The van der Waals surface area contributed by atoms with Crippen LogP contribution in [0.4, 0.5) is 13.2 Å². The van der Waals surface area contributed by atoms with Crippen LogP contribution in [0.3, 0.4) is 0 Å². The fourth-order valence-corrected chi connectivity index (χ4v) is 2.50. The molecule has 0 aliphatic heterocycles. The molecule has 0 saturated heterocycles. The minimum absolute atomic E-state index is 0.000580. The van der Waals surface area contributed by atoms with Crippen molar-refractivity contribution >= 4 is 27.2 Å². The van der Waals surface area contributed by atoms with E-state index in [1.165, 1.54) is 12.1 Å². The largest absolute Gasteiger partial charge is 0.390 e. The Morgan fingerprint density at radius 1 is 1.45 bits per heavy atom. The van der Waals surface area contributed by atoms with Crippen LogP contribution in [-0.4, -0.2) is 42.5 Å². The van der Waals surface area contributed by atoms with Crippen LogP contribution in [-0.2, 0) is 10.0 Å². The summed E-state index contributed by atoms with van der Waals surface area (Å²) in [5.41, 5.74) is 5.55. The minimum atomic E-state index is -4.42. The van der Waals surface area contributed by atoms with E-state index >= 15 is 0 Å². The van der Waals surface area contributed by atoms with Crippen LogP contribution in [0.2, 0.25) is 0 Å². The zero-order chi connectivity index (χ0) is 15.6. The van der Waals surface area contributed by atoms with Gasteiger partial charge in [0.25, 0.3) is 0 Å². The zero-order valence-corrected chi connectivity index (χ0v) is 12.0. The fourth-order valence-electron chi connectivity index (χ4n) is 1.26. The molecule has 0 radical (unpaired) electrons. The highest BCUT2D eigenvalue weighted by molar-refractivity contribution is 7.89. The van der Waals surface area contributed by atoms with Gasteiger partial charge in [0.1, 0.15) is 9.88 Å². The van der Waals surface area contributed by atoms with E-state index in [-0.39, 0.29) is 15.6 Å². The van der Waals surface area contributed by atoms with Gasteiger partial charge in [0, 0.05) is 19.8 Å². The van der Waals surface area contributed by atoms with E-state index in [1.54, 1.807) is 0 Å². The van der Waals surface area contributed by atoms with Gasteiger partial charge in [-0.2, -0.15) is 13.2 Å². The van der Waals surface area contributed by atoms with Crippen molar-refractivity contribution in [1.29, 1.82) is 0 Å². The Morgan fingerprint density at radius 3 is 2.45 bits per heavy atom. The second-order valence-corrected chi connectivity index (χ2v) is 6.42. The summed E-state index contributed by atoms with van der Waals surface area (Å²) in [7, 11) is -2.95. The number of rotatable bonds is 5. The molecule has 1 aromatic heterocycles. The van der Waals surface area contributed by atoms with Crippen LogP contribution < -0.4 is 5.73 Å². The first-order valence-corrected chi connectivity index (χ1v) is 7.18. The molecular formula is C10H12F3N3O2S2. The Kier molecular flexibility index (Phi) is 5.05. The Morgan fingerprint density at radius 2 is 2.05 bits per heavy atom. The molecule has 0 aromatic carbocycles. The van der Waals surface area contributed by atoms with Gasteiger partial charge in [-0.05, 0) is 12.1 Å². The van der Waals surface area contributed by atoms with Gasteiger partial charge in [-0.15, -0.1) is 0 Å². The Hall–Kier alpha value is -1.26. The van der Waals surface area contributed by atoms with Gasteiger partial charge in [-0.1, -0.05) is 12.2 Å². The summed E-state index contributed by atoms with van der Waals surface area (Å²) in [6, 6.07) is 2.49. The molecule has 0 bridgehead atoms. The third-order valence-electron chi connectivity index (χ3n) is 2.41. The van der Waals surface area contributed by atoms with E-state index in [0.29, 0.717) is 4.31 Å². The lowest BCUT2D eigenvalue weighted by molar-refractivity contribution is -0.135. The summed E-state index contributed by atoms with van der Waals surface area (Å²) in [5.74, 6) is 0. The van der Waals surface area contributed by atoms with Crippen LogP contribution in [0.15, 0.2) is 23.2 Å². The lowest BCUT2D eigenvalue weighted by Crippen LogP contribution is -2.30. The monoisotopic (exact) mass is 327 g/mol. The first kappa shape index (κ1) is 16.8. The summed E-state index contributed by atoms with van der Waals surface area (Å²) in [4.78, 5) is 3.52. The van der Waals surface area contributed by atoms with Crippen molar-refractivity contribution in [2.75, 3.05) is 13.6 Å². The molecule has 10 heteroatoms. The molecule has 0 saturated carbocycles. The summed E-state index contributed by atoms with van der Waals surface area (Å²) < 4.78 is 60.9. The van der Waals surface area contributed by atoms with Crippen molar-refractivity contribution in [1.82, 2.24) is 9.29 Å². The van der Waals surface area contributed by atoms with Gasteiger partial charge in [-0.25, -0.2) is 12.7 Å². The second kappa shape index (κ2) is 6.02. The van der Waals surface area contributed by atoms with E-state index in [1.807, 2.05) is 0 Å². The molecule has 0 fully saturated rings. The van der Waals surface area contributed by atoms with E-state index in [9.17, 15) is 21.6 Å². The van der Waals surface area contributed by atoms with E-state index in [4.69, 9.17) is 5.73 Å². The van der Waals surface area contributed by atoms with Gasteiger partial charge in [-0.3, -0.25) is 4.98 Å². The molecule has 0 aliphatic carbocycles. The quantitative estimate of drug-likeness (QED) is 0.825. The summed E-state index contributed by atoms with van der Waals surface area (Å²) in [6.07, 6.45) is -4.63. The topological polar surface area (TPSA) is 76.3 Å². The van der Waals surface area contributed by atoms with Gasteiger partial charge in [0.05, 0.1) is 12.1 Å². The van der Waals surface area contributed by atoms with Crippen molar-refractivity contribution in [2.45, 2.75) is 17.5 Å². The number of alkyl halides is 3. The van der Waals surface area contributed by atoms with E-state index in [0.717, 1.165) is 13.2 Å². The van der Waals surface area contributed by atoms with Crippen LogP contribution in [0.1, 0.15) is 12.1 Å². The molecule has 0 atom stereocenters. The third kappa shape index (κ3) is 4.39. The smallest absolute Gasteiger partial charge is 0.388 e.